The molecular formula is C16H25N3O. The SMILES string of the molecule is CCC1CCCCN1C(CC(N)=NO)c1ccccc1. The summed E-state index contributed by atoms with van der Waals surface area (Å²) in [6, 6.07) is 11.2. The fraction of sp³-hybridized carbons (Fsp3) is 0.562. The van der Waals surface area contributed by atoms with Crippen LogP contribution in [-0.2, 0) is 0 Å². The standard InChI is InChI=1S/C16H25N3O/c1-2-14-10-6-7-11-19(14)15(12-16(17)18-20)13-8-4-3-5-9-13/h3-5,8-9,14-15,20H,2,6-7,10-12H2,1H3,(H2,17,18). The molecule has 110 valence electrons. The number of nitrogens with two attached hydrogens (primary N) is 1. The van der Waals surface area contributed by atoms with Crippen LogP contribution in [0.4, 0.5) is 0 Å². The van der Waals surface area contributed by atoms with Crippen LogP contribution in [0.5, 0.6) is 0 Å². The van der Waals surface area contributed by atoms with Gasteiger partial charge in [-0.1, -0.05) is 48.8 Å². The molecule has 1 fully saturated rings. The van der Waals surface area contributed by atoms with Crippen LogP contribution in [0.1, 0.15) is 50.6 Å². The first-order valence-corrected chi connectivity index (χ1v) is 7.53. The molecule has 20 heavy (non-hydrogen) atoms. The second kappa shape index (κ2) is 7.29. The highest BCUT2D eigenvalue weighted by molar-refractivity contribution is 5.80. The van der Waals surface area contributed by atoms with Crippen molar-refractivity contribution in [1.82, 2.24) is 4.90 Å². The van der Waals surface area contributed by atoms with Crippen molar-refractivity contribution in [2.24, 2.45) is 10.9 Å². The molecule has 1 aliphatic heterocycles. The Morgan fingerprint density at radius 1 is 1.40 bits per heavy atom. The molecule has 4 nitrogen and oxygen atoms in total. The van der Waals surface area contributed by atoms with E-state index >= 15 is 0 Å². The van der Waals surface area contributed by atoms with Gasteiger partial charge in [0.2, 0.25) is 0 Å². The Balaban J connectivity index is 2.25. The fourth-order valence-corrected chi connectivity index (χ4v) is 3.21. The Morgan fingerprint density at radius 3 is 2.80 bits per heavy atom. The molecule has 2 atom stereocenters. The van der Waals surface area contributed by atoms with Gasteiger partial charge in [0.25, 0.3) is 0 Å². The summed E-state index contributed by atoms with van der Waals surface area (Å²) in [4.78, 5) is 2.54. The number of oxime groups is 1. The van der Waals surface area contributed by atoms with E-state index in [9.17, 15) is 0 Å². The van der Waals surface area contributed by atoms with Crippen LogP contribution in [0.25, 0.3) is 0 Å². The van der Waals surface area contributed by atoms with E-state index in [1.54, 1.807) is 0 Å². The molecule has 1 aliphatic rings. The Labute approximate surface area is 121 Å². The van der Waals surface area contributed by atoms with Gasteiger partial charge >= 0.3 is 0 Å². The summed E-state index contributed by atoms with van der Waals surface area (Å²) in [7, 11) is 0. The van der Waals surface area contributed by atoms with Crippen molar-refractivity contribution in [1.29, 1.82) is 0 Å². The van der Waals surface area contributed by atoms with E-state index in [4.69, 9.17) is 10.9 Å². The van der Waals surface area contributed by atoms with Crippen molar-refractivity contribution in [2.75, 3.05) is 6.54 Å². The summed E-state index contributed by atoms with van der Waals surface area (Å²) in [5.41, 5.74) is 7.03. The Kier molecular flexibility index (Phi) is 5.41. The molecule has 1 heterocycles. The van der Waals surface area contributed by atoms with Gasteiger partial charge in [-0.3, -0.25) is 4.90 Å². The summed E-state index contributed by atoms with van der Waals surface area (Å²) < 4.78 is 0. The lowest BCUT2D eigenvalue weighted by atomic mass is 9.93. The predicted molar refractivity (Wildman–Crippen MR) is 81.8 cm³/mol. The molecule has 0 aromatic heterocycles. The molecular weight excluding hydrogens is 250 g/mol. The van der Waals surface area contributed by atoms with E-state index < -0.39 is 0 Å². The lowest BCUT2D eigenvalue weighted by molar-refractivity contribution is 0.0937. The van der Waals surface area contributed by atoms with Crippen LogP contribution in [0.15, 0.2) is 35.5 Å². The third-order valence-electron chi connectivity index (χ3n) is 4.26. The molecule has 0 amide bonds. The van der Waals surface area contributed by atoms with Crippen molar-refractivity contribution in [3.63, 3.8) is 0 Å². The third-order valence-corrected chi connectivity index (χ3v) is 4.26. The summed E-state index contributed by atoms with van der Waals surface area (Å²) >= 11 is 0. The molecule has 2 unspecified atom stereocenters. The zero-order chi connectivity index (χ0) is 14.4. The van der Waals surface area contributed by atoms with Crippen LogP contribution >= 0.6 is 0 Å². The highest BCUT2D eigenvalue weighted by atomic mass is 16.4. The second-order valence-corrected chi connectivity index (χ2v) is 5.52. The van der Waals surface area contributed by atoms with Gasteiger partial charge in [0.05, 0.1) is 0 Å². The highest BCUT2D eigenvalue weighted by Gasteiger charge is 2.29. The van der Waals surface area contributed by atoms with Gasteiger partial charge in [0.1, 0.15) is 5.84 Å². The summed E-state index contributed by atoms with van der Waals surface area (Å²) in [5, 5.41) is 12.1. The van der Waals surface area contributed by atoms with Gasteiger partial charge in [-0.15, -0.1) is 0 Å². The van der Waals surface area contributed by atoms with Gasteiger partial charge in [-0.05, 0) is 31.4 Å². The monoisotopic (exact) mass is 275 g/mol. The molecule has 2 rings (SSSR count). The van der Waals surface area contributed by atoms with Crippen LogP contribution in [0.2, 0.25) is 0 Å². The molecule has 0 radical (unpaired) electrons. The summed E-state index contributed by atoms with van der Waals surface area (Å²) in [5.74, 6) is 0.305. The van der Waals surface area contributed by atoms with Gasteiger partial charge in [-0.2, -0.15) is 0 Å². The van der Waals surface area contributed by atoms with Crippen LogP contribution in [0.3, 0.4) is 0 Å². The maximum Gasteiger partial charge on any atom is 0.141 e. The Morgan fingerprint density at radius 2 is 2.15 bits per heavy atom. The van der Waals surface area contributed by atoms with Crippen LogP contribution in [0, 0.1) is 0 Å². The summed E-state index contributed by atoms with van der Waals surface area (Å²) in [6.45, 7) is 3.34. The highest BCUT2D eigenvalue weighted by Crippen LogP contribution is 2.32. The van der Waals surface area contributed by atoms with Crippen LogP contribution < -0.4 is 5.73 Å². The largest absolute Gasteiger partial charge is 0.409 e. The van der Waals surface area contributed by atoms with Gasteiger partial charge in [0, 0.05) is 18.5 Å². The predicted octanol–water partition coefficient (Wildman–Crippen LogP) is 3.13. The molecule has 1 aromatic carbocycles. The average molecular weight is 275 g/mol. The molecule has 0 saturated carbocycles. The van der Waals surface area contributed by atoms with E-state index in [-0.39, 0.29) is 6.04 Å². The third kappa shape index (κ3) is 3.51. The molecule has 3 N–H and O–H groups in total. The minimum atomic E-state index is 0.206. The zero-order valence-electron chi connectivity index (χ0n) is 12.2. The Hall–Kier alpha value is -1.55. The van der Waals surface area contributed by atoms with Crippen molar-refractivity contribution < 1.29 is 5.21 Å². The number of likely N-dealkylation sites (tertiary alicyclic amines) is 1. The van der Waals surface area contributed by atoms with Crippen molar-refractivity contribution in [3.05, 3.63) is 35.9 Å². The molecule has 0 bridgehead atoms. The molecule has 0 spiro atoms. The lowest BCUT2D eigenvalue weighted by Crippen LogP contribution is -2.43. The molecule has 1 aromatic rings. The number of piperidine rings is 1. The average Bonchev–Trinajstić information content (AvgIpc) is 2.53. The van der Waals surface area contributed by atoms with E-state index in [0.29, 0.717) is 18.3 Å². The number of benzene rings is 1. The topological polar surface area (TPSA) is 61.8 Å². The zero-order valence-corrected chi connectivity index (χ0v) is 12.2. The lowest BCUT2D eigenvalue weighted by Gasteiger charge is -2.41. The van der Waals surface area contributed by atoms with E-state index in [1.165, 1.54) is 24.8 Å². The van der Waals surface area contributed by atoms with E-state index in [0.717, 1.165) is 13.0 Å². The minimum Gasteiger partial charge on any atom is -0.409 e. The van der Waals surface area contributed by atoms with Crippen molar-refractivity contribution in [2.45, 2.75) is 51.1 Å². The maximum atomic E-state index is 8.90. The first kappa shape index (κ1) is 14.9. The smallest absolute Gasteiger partial charge is 0.141 e. The quantitative estimate of drug-likeness (QED) is 0.375. The maximum absolute atomic E-state index is 8.90. The number of hydrogen-bond donors (Lipinski definition) is 2. The van der Waals surface area contributed by atoms with Gasteiger partial charge in [-0.25, -0.2) is 0 Å². The van der Waals surface area contributed by atoms with E-state index in [2.05, 4.69) is 41.2 Å². The first-order chi connectivity index (χ1) is 9.76. The van der Waals surface area contributed by atoms with Crippen molar-refractivity contribution >= 4 is 5.84 Å². The summed E-state index contributed by atoms with van der Waals surface area (Å²) in [6.07, 6.45) is 5.52. The van der Waals surface area contributed by atoms with Gasteiger partial charge in [0.15, 0.2) is 0 Å². The molecule has 0 aliphatic carbocycles. The van der Waals surface area contributed by atoms with Crippen molar-refractivity contribution in [3.8, 4) is 0 Å². The van der Waals surface area contributed by atoms with Gasteiger partial charge < -0.3 is 10.9 Å². The van der Waals surface area contributed by atoms with Crippen LogP contribution in [-0.4, -0.2) is 28.5 Å². The minimum absolute atomic E-state index is 0.206. The number of rotatable bonds is 5. The number of amidine groups is 1. The number of hydrogen-bond acceptors (Lipinski definition) is 3. The fourth-order valence-electron chi connectivity index (χ4n) is 3.21. The van der Waals surface area contributed by atoms with E-state index in [1.807, 2.05) is 6.07 Å². The molecule has 1 saturated heterocycles. The molecule has 4 heteroatoms. The number of nitrogens with zero attached hydrogens (tertiary/aromatic N) is 2. The first-order valence-electron chi connectivity index (χ1n) is 7.53. The Bertz CT molecular complexity index is 433. The second-order valence-electron chi connectivity index (χ2n) is 5.52. The normalized spacial score (nSPS) is 22.6.